The molecule has 0 amide bonds. The van der Waals surface area contributed by atoms with E-state index in [-0.39, 0.29) is 18.7 Å². The Morgan fingerprint density at radius 1 is 1.62 bits per heavy atom. The zero-order chi connectivity index (χ0) is 11.4. The fraction of sp³-hybridized carbons (Fsp3) is 0.583. The summed E-state index contributed by atoms with van der Waals surface area (Å²) in [6.07, 6.45) is 5.84. The highest BCUT2D eigenvalue weighted by Crippen LogP contribution is 2.27. The molecule has 0 radical (unpaired) electrons. The molecule has 88 valence electrons. The van der Waals surface area contributed by atoms with Gasteiger partial charge in [0.2, 0.25) is 0 Å². The van der Waals surface area contributed by atoms with E-state index < -0.39 is 0 Å². The van der Waals surface area contributed by atoms with Crippen LogP contribution in [0.25, 0.3) is 0 Å². The van der Waals surface area contributed by atoms with Gasteiger partial charge in [0.25, 0.3) is 0 Å². The Hall–Kier alpha value is -0.970. The third-order valence-electron chi connectivity index (χ3n) is 3.33. The summed E-state index contributed by atoms with van der Waals surface area (Å²) >= 11 is 0. The van der Waals surface area contributed by atoms with Crippen molar-refractivity contribution < 1.29 is 5.11 Å². The van der Waals surface area contributed by atoms with Crippen molar-refractivity contribution in [3.8, 4) is 0 Å². The molecule has 16 heavy (non-hydrogen) atoms. The van der Waals surface area contributed by atoms with Gasteiger partial charge in [-0.3, -0.25) is 9.88 Å². The predicted octanol–water partition coefficient (Wildman–Crippen LogP) is 0.538. The largest absolute Gasteiger partial charge is 0.395 e. The molecule has 0 saturated carbocycles. The lowest BCUT2D eigenvalue weighted by molar-refractivity contribution is 0.121. The third-order valence-corrected chi connectivity index (χ3v) is 3.33. The molecule has 1 fully saturated rings. The maximum absolute atomic E-state index is 9.33. The first kappa shape index (κ1) is 11.5. The number of hydrogen-bond acceptors (Lipinski definition) is 4. The molecule has 2 heterocycles. The van der Waals surface area contributed by atoms with Gasteiger partial charge in [-0.25, -0.2) is 0 Å². The number of hydrogen-bond donors (Lipinski definition) is 2. The van der Waals surface area contributed by atoms with Crippen molar-refractivity contribution >= 4 is 0 Å². The Morgan fingerprint density at radius 2 is 2.50 bits per heavy atom. The first-order valence-electron chi connectivity index (χ1n) is 5.83. The van der Waals surface area contributed by atoms with E-state index in [1.807, 2.05) is 12.3 Å². The van der Waals surface area contributed by atoms with Crippen molar-refractivity contribution in [3.63, 3.8) is 0 Å². The van der Waals surface area contributed by atoms with Gasteiger partial charge in [0.1, 0.15) is 0 Å². The highest BCUT2D eigenvalue weighted by Gasteiger charge is 2.30. The van der Waals surface area contributed by atoms with Gasteiger partial charge in [0.15, 0.2) is 0 Å². The monoisotopic (exact) mass is 221 g/mol. The van der Waals surface area contributed by atoms with E-state index in [9.17, 15) is 5.11 Å². The summed E-state index contributed by atoms with van der Waals surface area (Å²) < 4.78 is 0. The molecule has 0 bridgehead atoms. The van der Waals surface area contributed by atoms with E-state index in [0.29, 0.717) is 6.54 Å². The summed E-state index contributed by atoms with van der Waals surface area (Å²) in [4.78, 5) is 6.43. The molecule has 0 aromatic carbocycles. The van der Waals surface area contributed by atoms with Gasteiger partial charge < -0.3 is 10.8 Å². The summed E-state index contributed by atoms with van der Waals surface area (Å²) in [5.41, 5.74) is 6.99. The van der Waals surface area contributed by atoms with E-state index in [0.717, 1.165) is 24.9 Å². The van der Waals surface area contributed by atoms with E-state index in [1.54, 1.807) is 6.20 Å². The van der Waals surface area contributed by atoms with Crippen LogP contribution >= 0.6 is 0 Å². The normalized spacial score (nSPS) is 23.5. The summed E-state index contributed by atoms with van der Waals surface area (Å²) in [7, 11) is 0. The van der Waals surface area contributed by atoms with E-state index in [4.69, 9.17) is 5.73 Å². The van der Waals surface area contributed by atoms with E-state index in [1.165, 1.54) is 0 Å². The van der Waals surface area contributed by atoms with Crippen LogP contribution in [0.5, 0.6) is 0 Å². The molecule has 4 heteroatoms. The number of aliphatic hydroxyl groups is 1. The average molecular weight is 221 g/mol. The number of likely N-dealkylation sites (tertiary alicyclic amines) is 1. The quantitative estimate of drug-likeness (QED) is 0.779. The molecule has 3 N–H and O–H groups in total. The lowest BCUT2D eigenvalue weighted by atomic mass is 10.1. The van der Waals surface area contributed by atoms with Crippen LogP contribution in [-0.4, -0.2) is 40.7 Å². The Bertz CT molecular complexity index is 317. The van der Waals surface area contributed by atoms with Gasteiger partial charge >= 0.3 is 0 Å². The van der Waals surface area contributed by atoms with Gasteiger partial charge in [-0.2, -0.15) is 0 Å². The predicted molar refractivity (Wildman–Crippen MR) is 62.8 cm³/mol. The molecule has 1 aromatic heterocycles. The molecule has 2 atom stereocenters. The second kappa shape index (κ2) is 5.39. The molecule has 0 aliphatic carbocycles. The second-order valence-corrected chi connectivity index (χ2v) is 4.25. The smallest absolute Gasteiger partial charge is 0.0587 e. The van der Waals surface area contributed by atoms with Gasteiger partial charge in [0, 0.05) is 31.0 Å². The number of rotatable bonds is 4. The molecule has 1 aromatic rings. The number of nitrogens with zero attached hydrogens (tertiary/aromatic N) is 2. The molecule has 0 spiro atoms. The van der Waals surface area contributed by atoms with Crippen LogP contribution in [0.3, 0.4) is 0 Å². The fourth-order valence-electron chi connectivity index (χ4n) is 2.50. The lowest BCUT2D eigenvalue weighted by Gasteiger charge is -2.31. The van der Waals surface area contributed by atoms with Crippen molar-refractivity contribution in [3.05, 3.63) is 30.1 Å². The minimum atomic E-state index is 0.188. The standard InChI is InChI=1S/C12H19N3O/c13-7-12(10-3-1-5-14-8-10)15-6-2-4-11(15)9-16/h1,3,5,8,11-12,16H,2,4,6-7,9,13H2. The number of aromatic nitrogens is 1. The number of nitrogens with two attached hydrogens (primary N) is 1. The van der Waals surface area contributed by atoms with Crippen molar-refractivity contribution in [2.75, 3.05) is 19.7 Å². The molecular formula is C12H19N3O. The van der Waals surface area contributed by atoms with Gasteiger partial charge in [-0.15, -0.1) is 0 Å². The van der Waals surface area contributed by atoms with Crippen molar-refractivity contribution in [2.45, 2.75) is 24.9 Å². The summed E-state index contributed by atoms with van der Waals surface area (Å²) in [5, 5.41) is 9.33. The Balaban J connectivity index is 2.16. The minimum absolute atomic E-state index is 0.188. The molecule has 1 aliphatic rings. The van der Waals surface area contributed by atoms with Crippen LogP contribution in [0, 0.1) is 0 Å². The minimum Gasteiger partial charge on any atom is -0.395 e. The molecular weight excluding hydrogens is 202 g/mol. The van der Waals surface area contributed by atoms with Crippen LogP contribution in [-0.2, 0) is 0 Å². The zero-order valence-electron chi connectivity index (χ0n) is 9.42. The zero-order valence-corrected chi connectivity index (χ0v) is 9.42. The highest BCUT2D eigenvalue weighted by molar-refractivity contribution is 5.15. The lowest BCUT2D eigenvalue weighted by Crippen LogP contribution is -2.39. The van der Waals surface area contributed by atoms with E-state index in [2.05, 4.69) is 16.0 Å². The Kier molecular flexibility index (Phi) is 3.88. The average Bonchev–Trinajstić information content (AvgIpc) is 2.80. The van der Waals surface area contributed by atoms with Crippen LogP contribution in [0.15, 0.2) is 24.5 Å². The summed E-state index contributed by atoms with van der Waals surface area (Å²) in [5.74, 6) is 0. The van der Waals surface area contributed by atoms with Crippen LogP contribution in [0.4, 0.5) is 0 Å². The van der Waals surface area contributed by atoms with Gasteiger partial charge in [0.05, 0.1) is 6.61 Å². The molecule has 4 nitrogen and oxygen atoms in total. The topological polar surface area (TPSA) is 62.4 Å². The summed E-state index contributed by atoms with van der Waals surface area (Å²) in [6, 6.07) is 4.43. The first-order valence-corrected chi connectivity index (χ1v) is 5.83. The van der Waals surface area contributed by atoms with Crippen molar-refractivity contribution in [2.24, 2.45) is 5.73 Å². The number of aliphatic hydroxyl groups excluding tert-OH is 1. The van der Waals surface area contributed by atoms with Crippen LogP contribution < -0.4 is 5.73 Å². The highest BCUT2D eigenvalue weighted by atomic mass is 16.3. The maximum atomic E-state index is 9.33. The van der Waals surface area contributed by atoms with Gasteiger partial charge in [-0.1, -0.05) is 6.07 Å². The van der Waals surface area contributed by atoms with Crippen LogP contribution in [0.1, 0.15) is 24.4 Å². The van der Waals surface area contributed by atoms with E-state index >= 15 is 0 Å². The Morgan fingerprint density at radius 3 is 3.12 bits per heavy atom. The fourth-order valence-corrected chi connectivity index (χ4v) is 2.50. The molecule has 1 saturated heterocycles. The van der Waals surface area contributed by atoms with Crippen molar-refractivity contribution in [1.29, 1.82) is 0 Å². The molecule has 2 unspecified atom stereocenters. The first-order chi connectivity index (χ1) is 7.86. The maximum Gasteiger partial charge on any atom is 0.0587 e. The van der Waals surface area contributed by atoms with Gasteiger partial charge in [-0.05, 0) is 31.0 Å². The molecule has 1 aliphatic heterocycles. The second-order valence-electron chi connectivity index (χ2n) is 4.25. The summed E-state index contributed by atoms with van der Waals surface area (Å²) in [6.45, 7) is 1.81. The Labute approximate surface area is 96.1 Å². The number of pyridine rings is 1. The van der Waals surface area contributed by atoms with Crippen LogP contribution in [0.2, 0.25) is 0 Å². The SMILES string of the molecule is NCC(c1cccnc1)N1CCCC1CO. The molecule has 2 rings (SSSR count). The third kappa shape index (κ3) is 2.24. The van der Waals surface area contributed by atoms with Crippen molar-refractivity contribution in [1.82, 2.24) is 9.88 Å².